The third-order valence-corrected chi connectivity index (χ3v) is 2.99. The fourth-order valence-electron chi connectivity index (χ4n) is 1.86. The van der Waals surface area contributed by atoms with E-state index in [9.17, 15) is 9.59 Å². The average Bonchev–Trinajstić information content (AvgIpc) is 2.91. The minimum atomic E-state index is -0.474. The summed E-state index contributed by atoms with van der Waals surface area (Å²) in [7, 11) is 3.24. The van der Waals surface area contributed by atoms with Crippen molar-refractivity contribution in [1.29, 1.82) is 0 Å². The van der Waals surface area contributed by atoms with Crippen LogP contribution >= 0.6 is 0 Å². The molecule has 0 bridgehead atoms. The van der Waals surface area contributed by atoms with E-state index < -0.39 is 5.97 Å². The van der Waals surface area contributed by atoms with Gasteiger partial charge in [-0.15, -0.1) is 0 Å². The number of hydrogen-bond acceptors (Lipinski definition) is 5. The summed E-state index contributed by atoms with van der Waals surface area (Å²) in [6.07, 6.45) is 3.01. The number of carbonyl (C=O) groups excluding carboxylic acids is 2. The number of hydrogen-bond donors (Lipinski definition) is 0. The van der Waals surface area contributed by atoms with Gasteiger partial charge in [0.25, 0.3) is 0 Å². The predicted octanol–water partition coefficient (Wildman–Crippen LogP) is 1.99. The van der Waals surface area contributed by atoms with Crippen molar-refractivity contribution in [2.24, 2.45) is 7.05 Å². The summed E-state index contributed by atoms with van der Waals surface area (Å²) in [6, 6.07) is 5.02. The highest BCUT2D eigenvalue weighted by atomic mass is 16.5. The van der Waals surface area contributed by atoms with Crippen LogP contribution in [0.15, 0.2) is 30.6 Å². The molecule has 0 saturated heterocycles. The summed E-state index contributed by atoms with van der Waals surface area (Å²) < 4.78 is 11.9. The van der Waals surface area contributed by atoms with Crippen LogP contribution in [-0.2, 0) is 18.4 Å². The van der Waals surface area contributed by atoms with Crippen molar-refractivity contribution >= 4 is 11.8 Å². The number of Topliss-reactive ketones (excluding diaryl/α,β-unsaturated/α-hetero) is 1. The minimum absolute atomic E-state index is 0.0258. The third kappa shape index (κ3) is 3.47. The van der Waals surface area contributed by atoms with Crippen LogP contribution in [0.3, 0.4) is 0 Å². The maximum Gasteiger partial charge on any atom is 0.341 e. The van der Waals surface area contributed by atoms with Gasteiger partial charge < -0.3 is 9.47 Å². The number of methoxy groups -OCH3 is 1. The van der Waals surface area contributed by atoms with Gasteiger partial charge in [-0.05, 0) is 25.1 Å². The summed E-state index contributed by atoms with van der Waals surface area (Å²) >= 11 is 0. The third-order valence-electron chi connectivity index (χ3n) is 2.99. The van der Waals surface area contributed by atoms with Crippen molar-refractivity contribution in [3.05, 3.63) is 47.3 Å². The van der Waals surface area contributed by atoms with Gasteiger partial charge in [-0.25, -0.2) is 4.79 Å². The Labute approximate surface area is 122 Å². The Balaban J connectivity index is 2.13. The molecule has 110 valence electrons. The molecular weight excluding hydrogens is 272 g/mol. The first-order valence-electron chi connectivity index (χ1n) is 6.35. The largest absolute Gasteiger partial charge is 0.496 e. The highest BCUT2D eigenvalue weighted by molar-refractivity contribution is 5.94. The molecule has 21 heavy (non-hydrogen) atoms. The molecule has 6 heteroatoms. The van der Waals surface area contributed by atoms with Crippen LogP contribution in [0.25, 0.3) is 0 Å². The topological polar surface area (TPSA) is 70.4 Å². The van der Waals surface area contributed by atoms with Gasteiger partial charge in [-0.3, -0.25) is 9.48 Å². The van der Waals surface area contributed by atoms with E-state index in [0.717, 1.165) is 0 Å². The monoisotopic (exact) mass is 288 g/mol. The number of esters is 1. The van der Waals surface area contributed by atoms with Crippen LogP contribution in [0.5, 0.6) is 5.75 Å². The fourth-order valence-corrected chi connectivity index (χ4v) is 1.86. The molecule has 0 fully saturated rings. The molecular formula is C15H16N2O4. The lowest BCUT2D eigenvalue weighted by Gasteiger charge is -2.10. The Kier molecular flexibility index (Phi) is 4.37. The lowest BCUT2D eigenvalue weighted by Crippen LogP contribution is -2.06. The van der Waals surface area contributed by atoms with Gasteiger partial charge in [0.05, 0.1) is 18.9 Å². The van der Waals surface area contributed by atoms with Gasteiger partial charge in [0.2, 0.25) is 0 Å². The number of carbonyl (C=O) groups is 2. The molecule has 0 spiro atoms. The van der Waals surface area contributed by atoms with E-state index in [4.69, 9.17) is 9.47 Å². The molecule has 2 rings (SSSR count). The Bertz CT molecular complexity index is 676. The second-order valence-electron chi connectivity index (χ2n) is 4.56. The van der Waals surface area contributed by atoms with Crippen molar-refractivity contribution < 1.29 is 19.1 Å². The van der Waals surface area contributed by atoms with Gasteiger partial charge in [0.15, 0.2) is 5.78 Å². The Morgan fingerprint density at radius 3 is 2.62 bits per heavy atom. The first kappa shape index (κ1) is 14.8. The van der Waals surface area contributed by atoms with Crippen molar-refractivity contribution in [3.63, 3.8) is 0 Å². The molecule has 0 amide bonds. The Hall–Kier alpha value is -2.63. The second-order valence-corrected chi connectivity index (χ2v) is 4.56. The number of nitrogens with zero attached hydrogens (tertiary/aromatic N) is 2. The van der Waals surface area contributed by atoms with Gasteiger partial charge in [0, 0.05) is 24.4 Å². The van der Waals surface area contributed by atoms with Crippen LogP contribution in [-0.4, -0.2) is 28.6 Å². The molecule has 0 saturated carbocycles. The fraction of sp³-hybridized carbons (Fsp3) is 0.267. The normalized spacial score (nSPS) is 10.2. The van der Waals surface area contributed by atoms with Gasteiger partial charge in [-0.1, -0.05) is 0 Å². The number of aromatic nitrogens is 2. The zero-order chi connectivity index (χ0) is 15.4. The summed E-state index contributed by atoms with van der Waals surface area (Å²) in [5, 5.41) is 3.91. The highest BCUT2D eigenvalue weighted by Crippen LogP contribution is 2.21. The molecule has 0 aliphatic rings. The first-order chi connectivity index (χ1) is 10.0. The van der Waals surface area contributed by atoms with E-state index in [0.29, 0.717) is 22.4 Å². The van der Waals surface area contributed by atoms with Crippen molar-refractivity contribution in [2.75, 3.05) is 7.11 Å². The summed E-state index contributed by atoms with van der Waals surface area (Å²) in [6.45, 7) is 1.51. The smallest absolute Gasteiger partial charge is 0.341 e. The van der Waals surface area contributed by atoms with Crippen LogP contribution < -0.4 is 4.74 Å². The lowest BCUT2D eigenvalue weighted by atomic mass is 10.1. The number of rotatable bonds is 5. The Morgan fingerprint density at radius 1 is 1.29 bits per heavy atom. The second kappa shape index (κ2) is 6.21. The van der Waals surface area contributed by atoms with Crippen molar-refractivity contribution in [1.82, 2.24) is 9.78 Å². The first-order valence-corrected chi connectivity index (χ1v) is 6.35. The zero-order valence-electron chi connectivity index (χ0n) is 12.1. The van der Waals surface area contributed by atoms with E-state index in [1.165, 1.54) is 24.9 Å². The molecule has 0 aliphatic heterocycles. The zero-order valence-corrected chi connectivity index (χ0v) is 12.1. The highest BCUT2D eigenvalue weighted by Gasteiger charge is 2.12. The van der Waals surface area contributed by atoms with E-state index in [1.807, 2.05) is 0 Å². The minimum Gasteiger partial charge on any atom is -0.496 e. The number of aryl methyl sites for hydroxylation is 1. The van der Waals surface area contributed by atoms with Crippen LogP contribution in [0.1, 0.15) is 33.2 Å². The lowest BCUT2D eigenvalue weighted by molar-refractivity contribution is 0.0470. The van der Waals surface area contributed by atoms with Crippen LogP contribution in [0.4, 0.5) is 0 Å². The van der Waals surface area contributed by atoms with Crippen LogP contribution in [0.2, 0.25) is 0 Å². The SMILES string of the molecule is COc1ccc(C(C)=O)cc1COC(=O)c1cnn(C)c1. The van der Waals surface area contributed by atoms with Crippen molar-refractivity contribution in [3.8, 4) is 5.75 Å². The number of ketones is 1. The standard InChI is InChI=1S/C15H16N2O4/c1-10(18)11-4-5-14(20-3)12(6-11)9-21-15(19)13-7-16-17(2)8-13/h4-8H,9H2,1-3H3. The van der Waals surface area contributed by atoms with E-state index in [1.54, 1.807) is 31.4 Å². The molecule has 1 aromatic heterocycles. The van der Waals surface area contributed by atoms with Gasteiger partial charge in [-0.2, -0.15) is 5.10 Å². The predicted molar refractivity (Wildman–Crippen MR) is 75.3 cm³/mol. The van der Waals surface area contributed by atoms with Gasteiger partial charge in [0.1, 0.15) is 12.4 Å². The summed E-state index contributed by atoms with van der Waals surface area (Å²) in [4.78, 5) is 23.3. The van der Waals surface area contributed by atoms with E-state index >= 15 is 0 Å². The molecule has 1 heterocycles. The van der Waals surface area contributed by atoms with E-state index in [2.05, 4.69) is 5.10 Å². The number of benzene rings is 1. The molecule has 1 aromatic carbocycles. The average molecular weight is 288 g/mol. The molecule has 0 atom stereocenters. The Morgan fingerprint density at radius 2 is 2.05 bits per heavy atom. The quantitative estimate of drug-likeness (QED) is 0.621. The van der Waals surface area contributed by atoms with Crippen molar-refractivity contribution in [2.45, 2.75) is 13.5 Å². The molecule has 0 radical (unpaired) electrons. The molecule has 0 aliphatic carbocycles. The van der Waals surface area contributed by atoms with Gasteiger partial charge >= 0.3 is 5.97 Å². The summed E-state index contributed by atoms with van der Waals surface area (Å²) in [5.74, 6) is 0.0369. The maximum atomic E-state index is 11.9. The maximum absolute atomic E-state index is 11.9. The number of ether oxygens (including phenoxy) is 2. The molecule has 0 N–H and O–H groups in total. The molecule has 2 aromatic rings. The van der Waals surface area contributed by atoms with E-state index in [-0.39, 0.29) is 12.4 Å². The molecule has 6 nitrogen and oxygen atoms in total. The van der Waals surface area contributed by atoms with Crippen LogP contribution in [0, 0.1) is 0 Å². The molecule has 0 unspecified atom stereocenters. The summed E-state index contributed by atoms with van der Waals surface area (Å²) in [5.41, 5.74) is 1.56.